The summed E-state index contributed by atoms with van der Waals surface area (Å²) in [5.74, 6) is -0.0609. The maximum Gasteiger partial charge on any atom is 0.305 e. The van der Waals surface area contributed by atoms with Crippen LogP contribution >= 0.6 is 11.8 Å². The third-order valence-corrected chi connectivity index (χ3v) is 3.71. The van der Waals surface area contributed by atoms with Gasteiger partial charge in [0.15, 0.2) is 0 Å². The van der Waals surface area contributed by atoms with Crippen LogP contribution < -0.4 is 5.32 Å². The third-order valence-electron chi connectivity index (χ3n) is 2.67. The first-order valence-corrected chi connectivity index (χ1v) is 7.88. The van der Waals surface area contributed by atoms with Crippen molar-refractivity contribution in [3.05, 3.63) is 0 Å². The van der Waals surface area contributed by atoms with Crippen molar-refractivity contribution in [2.45, 2.75) is 51.2 Å². The molecule has 0 saturated carbocycles. The Kier molecular flexibility index (Phi) is 12.1. The number of hydrogen-bond acceptors (Lipinski definition) is 4. The van der Waals surface area contributed by atoms with Crippen molar-refractivity contribution in [2.75, 3.05) is 26.0 Å². The zero-order chi connectivity index (χ0) is 12.9. The van der Waals surface area contributed by atoms with E-state index in [1.54, 1.807) is 0 Å². The van der Waals surface area contributed by atoms with Crippen molar-refractivity contribution >= 4 is 17.7 Å². The SMILES string of the molecule is CCOC(=O)CCCCCNCCC(C)SC. The zero-order valence-corrected chi connectivity index (χ0v) is 12.3. The van der Waals surface area contributed by atoms with Gasteiger partial charge in [0.25, 0.3) is 0 Å². The predicted molar refractivity (Wildman–Crippen MR) is 75.6 cm³/mol. The smallest absolute Gasteiger partial charge is 0.305 e. The Morgan fingerprint density at radius 3 is 2.71 bits per heavy atom. The number of unbranched alkanes of at least 4 members (excludes halogenated alkanes) is 2. The molecule has 0 fully saturated rings. The third kappa shape index (κ3) is 12.0. The number of carbonyl (C=O) groups is 1. The highest BCUT2D eigenvalue weighted by Gasteiger charge is 2.01. The molecule has 0 aliphatic rings. The van der Waals surface area contributed by atoms with Gasteiger partial charge in [-0.3, -0.25) is 4.79 Å². The predicted octanol–water partition coefficient (Wildman–Crippen LogP) is 2.84. The fraction of sp³-hybridized carbons (Fsp3) is 0.923. The van der Waals surface area contributed by atoms with Crippen LogP contribution in [-0.2, 0) is 9.53 Å². The van der Waals surface area contributed by atoms with E-state index in [-0.39, 0.29) is 5.97 Å². The van der Waals surface area contributed by atoms with Crippen LogP contribution in [0.25, 0.3) is 0 Å². The van der Waals surface area contributed by atoms with Gasteiger partial charge in [-0.2, -0.15) is 11.8 Å². The molecule has 0 rings (SSSR count). The molecular weight excluding hydrogens is 234 g/mol. The summed E-state index contributed by atoms with van der Waals surface area (Å²) in [5.41, 5.74) is 0. The van der Waals surface area contributed by atoms with E-state index < -0.39 is 0 Å². The fourth-order valence-electron chi connectivity index (χ4n) is 1.48. The van der Waals surface area contributed by atoms with E-state index in [9.17, 15) is 4.79 Å². The average molecular weight is 261 g/mol. The maximum absolute atomic E-state index is 11.0. The molecule has 1 unspecified atom stereocenters. The van der Waals surface area contributed by atoms with Gasteiger partial charge in [-0.1, -0.05) is 13.3 Å². The van der Waals surface area contributed by atoms with E-state index in [4.69, 9.17) is 4.74 Å². The molecule has 4 heteroatoms. The Hall–Kier alpha value is -0.220. The molecule has 0 amide bonds. The average Bonchev–Trinajstić information content (AvgIpc) is 2.32. The van der Waals surface area contributed by atoms with Crippen LogP contribution in [0, 0.1) is 0 Å². The van der Waals surface area contributed by atoms with Crippen molar-refractivity contribution in [3.8, 4) is 0 Å². The molecule has 0 heterocycles. The molecule has 0 aromatic carbocycles. The van der Waals surface area contributed by atoms with Gasteiger partial charge in [0, 0.05) is 11.7 Å². The summed E-state index contributed by atoms with van der Waals surface area (Å²) >= 11 is 1.91. The number of carbonyl (C=O) groups excluding carboxylic acids is 1. The number of thioether (sulfide) groups is 1. The van der Waals surface area contributed by atoms with E-state index in [2.05, 4.69) is 18.5 Å². The molecule has 1 atom stereocenters. The lowest BCUT2D eigenvalue weighted by Gasteiger charge is -2.08. The van der Waals surface area contributed by atoms with Gasteiger partial charge in [-0.25, -0.2) is 0 Å². The topological polar surface area (TPSA) is 38.3 Å². The van der Waals surface area contributed by atoms with Crippen LogP contribution in [0.5, 0.6) is 0 Å². The Bertz CT molecular complexity index is 188. The maximum atomic E-state index is 11.0. The van der Waals surface area contributed by atoms with Gasteiger partial charge in [0.05, 0.1) is 6.61 Å². The molecule has 0 radical (unpaired) electrons. The molecule has 0 bridgehead atoms. The van der Waals surface area contributed by atoms with Crippen molar-refractivity contribution in [2.24, 2.45) is 0 Å². The molecule has 0 aromatic rings. The minimum absolute atomic E-state index is 0.0609. The largest absolute Gasteiger partial charge is 0.466 e. The summed E-state index contributed by atoms with van der Waals surface area (Å²) in [6.07, 6.45) is 7.14. The number of ether oxygens (including phenoxy) is 1. The quantitative estimate of drug-likeness (QED) is 0.458. The highest BCUT2D eigenvalue weighted by atomic mass is 32.2. The van der Waals surface area contributed by atoms with Crippen LogP contribution in [0.4, 0.5) is 0 Å². The molecule has 17 heavy (non-hydrogen) atoms. The first-order valence-electron chi connectivity index (χ1n) is 6.59. The highest BCUT2D eigenvalue weighted by molar-refractivity contribution is 7.99. The summed E-state index contributed by atoms with van der Waals surface area (Å²) in [5, 5.41) is 4.18. The second-order valence-electron chi connectivity index (χ2n) is 4.20. The monoisotopic (exact) mass is 261 g/mol. The summed E-state index contributed by atoms with van der Waals surface area (Å²) in [4.78, 5) is 11.0. The molecule has 1 N–H and O–H groups in total. The van der Waals surface area contributed by atoms with E-state index in [1.807, 2.05) is 18.7 Å². The van der Waals surface area contributed by atoms with E-state index in [1.165, 1.54) is 6.42 Å². The molecule has 0 spiro atoms. The van der Waals surface area contributed by atoms with Crippen molar-refractivity contribution < 1.29 is 9.53 Å². The Morgan fingerprint density at radius 2 is 2.06 bits per heavy atom. The number of hydrogen-bond donors (Lipinski definition) is 1. The first-order chi connectivity index (χ1) is 8.20. The van der Waals surface area contributed by atoms with Gasteiger partial charge in [-0.15, -0.1) is 0 Å². The molecule has 0 saturated heterocycles. The van der Waals surface area contributed by atoms with Crippen molar-refractivity contribution in [1.29, 1.82) is 0 Å². The molecule has 3 nitrogen and oxygen atoms in total. The summed E-state index contributed by atoms with van der Waals surface area (Å²) in [7, 11) is 0. The minimum atomic E-state index is -0.0609. The summed E-state index contributed by atoms with van der Waals surface area (Å²) in [6, 6.07) is 0. The Labute approximate surface area is 110 Å². The lowest BCUT2D eigenvalue weighted by Crippen LogP contribution is -2.19. The van der Waals surface area contributed by atoms with Gasteiger partial charge in [0.1, 0.15) is 0 Å². The zero-order valence-electron chi connectivity index (χ0n) is 11.5. The van der Waals surface area contributed by atoms with Crippen molar-refractivity contribution in [1.82, 2.24) is 5.32 Å². The van der Waals surface area contributed by atoms with Crippen LogP contribution in [0.15, 0.2) is 0 Å². The van der Waals surface area contributed by atoms with Crippen LogP contribution in [-0.4, -0.2) is 37.2 Å². The molecule has 0 aliphatic heterocycles. The van der Waals surface area contributed by atoms with Gasteiger partial charge >= 0.3 is 5.97 Å². The van der Waals surface area contributed by atoms with Crippen molar-refractivity contribution in [3.63, 3.8) is 0 Å². The first kappa shape index (κ1) is 16.8. The normalized spacial score (nSPS) is 12.4. The lowest BCUT2D eigenvalue weighted by atomic mass is 10.2. The van der Waals surface area contributed by atoms with Gasteiger partial charge in [-0.05, 0) is 45.5 Å². The summed E-state index contributed by atoms with van der Waals surface area (Å²) < 4.78 is 4.87. The van der Waals surface area contributed by atoms with E-state index in [0.29, 0.717) is 13.0 Å². The standard InChI is InChI=1S/C13H27NO2S/c1-4-16-13(15)8-6-5-7-10-14-11-9-12(2)17-3/h12,14H,4-11H2,1-3H3. The number of esters is 1. The van der Waals surface area contributed by atoms with E-state index >= 15 is 0 Å². The Balaban J connectivity index is 3.11. The molecule has 0 aliphatic carbocycles. The lowest BCUT2D eigenvalue weighted by molar-refractivity contribution is -0.143. The minimum Gasteiger partial charge on any atom is -0.466 e. The highest BCUT2D eigenvalue weighted by Crippen LogP contribution is 2.08. The van der Waals surface area contributed by atoms with Gasteiger partial charge < -0.3 is 10.1 Å². The molecule has 102 valence electrons. The molecular formula is C13H27NO2S. The van der Waals surface area contributed by atoms with Gasteiger partial charge in [0.2, 0.25) is 0 Å². The Morgan fingerprint density at radius 1 is 1.29 bits per heavy atom. The van der Waals surface area contributed by atoms with Crippen LogP contribution in [0.3, 0.4) is 0 Å². The molecule has 0 aromatic heterocycles. The second-order valence-corrected chi connectivity index (χ2v) is 5.48. The fourth-order valence-corrected chi connectivity index (χ4v) is 1.83. The second kappa shape index (κ2) is 12.2. The number of nitrogens with one attached hydrogen (secondary N) is 1. The summed E-state index contributed by atoms with van der Waals surface area (Å²) in [6.45, 7) is 6.75. The number of rotatable bonds is 11. The van der Waals surface area contributed by atoms with E-state index in [0.717, 1.165) is 37.6 Å². The van der Waals surface area contributed by atoms with Crippen LogP contribution in [0.2, 0.25) is 0 Å². The van der Waals surface area contributed by atoms with Crippen LogP contribution in [0.1, 0.15) is 46.0 Å².